The van der Waals surface area contributed by atoms with Gasteiger partial charge in [-0.15, -0.1) is 0 Å². The van der Waals surface area contributed by atoms with Crippen LogP contribution in [0.15, 0.2) is 55.2 Å². The average Bonchev–Trinajstić information content (AvgIpc) is 3.31. The van der Waals surface area contributed by atoms with Crippen molar-refractivity contribution in [2.24, 2.45) is 5.41 Å². The molecule has 0 aromatic carbocycles. The number of rotatable bonds is 5. The Morgan fingerprint density at radius 3 is 2.86 bits per heavy atom. The lowest BCUT2D eigenvalue weighted by Crippen LogP contribution is -2.12. The van der Waals surface area contributed by atoms with Gasteiger partial charge in [-0.05, 0) is 45.4 Å². The van der Waals surface area contributed by atoms with Crippen molar-refractivity contribution in [2.75, 3.05) is 0 Å². The fraction of sp³-hybridized carbons (Fsp3) is 0.273. The second kappa shape index (κ2) is 6.93. The molecule has 6 nitrogen and oxygen atoms in total. The summed E-state index contributed by atoms with van der Waals surface area (Å²) in [6.07, 6.45) is 10.5. The number of nitrogens with zero attached hydrogens (tertiary/aromatic N) is 6. The number of aryl methyl sites for hydroxylation is 2. The van der Waals surface area contributed by atoms with E-state index in [1.54, 1.807) is 6.20 Å². The number of hydrogen-bond acceptors (Lipinski definition) is 4. The van der Waals surface area contributed by atoms with Crippen LogP contribution in [-0.4, -0.2) is 24.1 Å². The molecule has 0 fully saturated rings. The highest BCUT2D eigenvalue weighted by molar-refractivity contribution is 5.81. The minimum Gasteiger partial charge on any atom is -0.307 e. The first-order valence-electron chi connectivity index (χ1n) is 9.30. The molecule has 4 aromatic heterocycles. The van der Waals surface area contributed by atoms with Gasteiger partial charge < -0.3 is 4.40 Å². The van der Waals surface area contributed by atoms with Crippen LogP contribution >= 0.6 is 0 Å². The van der Waals surface area contributed by atoms with Crippen molar-refractivity contribution in [3.05, 3.63) is 60.9 Å². The first-order valence-corrected chi connectivity index (χ1v) is 9.30. The summed E-state index contributed by atoms with van der Waals surface area (Å²) in [4.78, 5) is 9.18. The molecule has 0 N–H and O–H groups in total. The highest BCUT2D eigenvalue weighted by atomic mass is 15.3. The lowest BCUT2D eigenvalue weighted by molar-refractivity contribution is 0.399. The zero-order chi connectivity index (χ0) is 19.7. The van der Waals surface area contributed by atoms with Gasteiger partial charge in [0.1, 0.15) is 5.65 Å². The van der Waals surface area contributed by atoms with Crippen molar-refractivity contribution < 1.29 is 0 Å². The lowest BCUT2D eigenvalue weighted by atomic mass is 9.92. The molecule has 4 heterocycles. The van der Waals surface area contributed by atoms with E-state index in [9.17, 15) is 5.26 Å². The highest BCUT2D eigenvalue weighted by Crippen LogP contribution is 2.30. The predicted molar refractivity (Wildman–Crippen MR) is 108 cm³/mol. The van der Waals surface area contributed by atoms with E-state index >= 15 is 0 Å². The summed E-state index contributed by atoms with van der Waals surface area (Å²) in [7, 11) is 0. The molecular formula is C22H22N6. The summed E-state index contributed by atoms with van der Waals surface area (Å²) < 4.78 is 3.91. The average molecular weight is 370 g/mol. The van der Waals surface area contributed by atoms with Gasteiger partial charge in [-0.25, -0.2) is 4.98 Å². The summed E-state index contributed by atoms with van der Waals surface area (Å²) in [5, 5.41) is 13.7. The van der Waals surface area contributed by atoms with Crippen LogP contribution in [0.5, 0.6) is 0 Å². The van der Waals surface area contributed by atoms with Crippen molar-refractivity contribution in [3.8, 4) is 28.5 Å². The van der Waals surface area contributed by atoms with Crippen LogP contribution in [0.1, 0.15) is 26.0 Å². The van der Waals surface area contributed by atoms with Crippen molar-refractivity contribution >= 4 is 5.65 Å². The second-order valence-corrected chi connectivity index (χ2v) is 7.70. The predicted octanol–water partition coefficient (Wildman–Crippen LogP) is 4.51. The molecule has 0 saturated carbocycles. The minimum absolute atomic E-state index is 0.358. The summed E-state index contributed by atoms with van der Waals surface area (Å²) in [5.74, 6) is 0. The van der Waals surface area contributed by atoms with E-state index in [2.05, 4.69) is 39.3 Å². The molecule has 6 heteroatoms. The van der Waals surface area contributed by atoms with Gasteiger partial charge in [-0.1, -0.05) is 6.07 Å². The molecule has 0 saturated heterocycles. The van der Waals surface area contributed by atoms with Gasteiger partial charge in [0, 0.05) is 48.0 Å². The Labute approximate surface area is 164 Å². The topological polar surface area (TPSA) is 71.8 Å². The van der Waals surface area contributed by atoms with Gasteiger partial charge >= 0.3 is 0 Å². The van der Waals surface area contributed by atoms with Crippen LogP contribution in [0.25, 0.3) is 28.0 Å². The van der Waals surface area contributed by atoms with Crippen LogP contribution < -0.4 is 0 Å². The van der Waals surface area contributed by atoms with E-state index < -0.39 is 0 Å². The van der Waals surface area contributed by atoms with E-state index in [1.165, 1.54) is 0 Å². The Balaban J connectivity index is 1.67. The van der Waals surface area contributed by atoms with Crippen LogP contribution in [0.3, 0.4) is 0 Å². The molecule has 0 amide bonds. The Morgan fingerprint density at radius 2 is 2.04 bits per heavy atom. The molecule has 0 unspecified atom stereocenters. The van der Waals surface area contributed by atoms with Crippen LogP contribution in [-0.2, 0) is 6.54 Å². The molecular weight excluding hydrogens is 348 g/mol. The SMILES string of the molecule is Cc1cn2ccc(-c3ncccc3-c3cnn(CCC(C)(C)C#N)c3)cc2n1. The van der Waals surface area contributed by atoms with Gasteiger partial charge in [-0.2, -0.15) is 10.4 Å². The standard InChI is InChI=1S/C22H22N6/c1-16-13-27-9-6-17(11-20(27)26-16)21-19(5-4-8-24-21)18-12-25-28(14-18)10-7-22(2,3)15-23/h4-6,8-9,11-14H,7,10H2,1-3H3. The maximum Gasteiger partial charge on any atom is 0.137 e. The number of aromatic nitrogens is 5. The second-order valence-electron chi connectivity index (χ2n) is 7.70. The van der Waals surface area contributed by atoms with Crippen molar-refractivity contribution in [3.63, 3.8) is 0 Å². The van der Waals surface area contributed by atoms with Crippen molar-refractivity contribution in [1.29, 1.82) is 5.26 Å². The molecule has 28 heavy (non-hydrogen) atoms. The molecule has 4 rings (SSSR count). The van der Waals surface area contributed by atoms with Gasteiger partial charge in [0.2, 0.25) is 0 Å². The van der Waals surface area contributed by atoms with E-state index in [0.29, 0.717) is 6.54 Å². The number of pyridine rings is 2. The summed E-state index contributed by atoms with van der Waals surface area (Å²) in [6.45, 7) is 6.59. The molecule has 0 aliphatic rings. The van der Waals surface area contributed by atoms with Crippen LogP contribution in [0.4, 0.5) is 0 Å². The van der Waals surface area contributed by atoms with Crippen LogP contribution in [0.2, 0.25) is 0 Å². The number of imidazole rings is 1. The fourth-order valence-electron chi connectivity index (χ4n) is 3.20. The fourth-order valence-corrected chi connectivity index (χ4v) is 3.20. The Morgan fingerprint density at radius 1 is 1.18 bits per heavy atom. The first-order chi connectivity index (χ1) is 13.4. The molecule has 0 atom stereocenters. The lowest BCUT2D eigenvalue weighted by Gasteiger charge is -2.14. The van der Waals surface area contributed by atoms with Gasteiger partial charge in [-0.3, -0.25) is 9.67 Å². The first kappa shape index (κ1) is 17.9. The number of fused-ring (bicyclic) bond motifs is 1. The zero-order valence-corrected chi connectivity index (χ0v) is 16.3. The number of hydrogen-bond donors (Lipinski definition) is 0. The van der Waals surface area contributed by atoms with E-state index in [-0.39, 0.29) is 5.41 Å². The third kappa shape index (κ3) is 3.52. The van der Waals surface area contributed by atoms with Gasteiger partial charge in [0.05, 0.1) is 29.1 Å². The monoisotopic (exact) mass is 370 g/mol. The summed E-state index contributed by atoms with van der Waals surface area (Å²) >= 11 is 0. The molecule has 0 radical (unpaired) electrons. The minimum atomic E-state index is -0.358. The Bertz CT molecular complexity index is 1180. The molecule has 0 bridgehead atoms. The van der Waals surface area contributed by atoms with E-state index in [4.69, 9.17) is 0 Å². The van der Waals surface area contributed by atoms with E-state index in [0.717, 1.165) is 40.1 Å². The number of nitriles is 1. The highest BCUT2D eigenvalue weighted by Gasteiger charge is 2.17. The maximum atomic E-state index is 9.20. The third-order valence-electron chi connectivity index (χ3n) is 4.87. The molecule has 0 aliphatic carbocycles. The smallest absolute Gasteiger partial charge is 0.137 e. The Kier molecular flexibility index (Phi) is 4.44. The zero-order valence-electron chi connectivity index (χ0n) is 16.3. The molecule has 0 spiro atoms. The quantitative estimate of drug-likeness (QED) is 0.518. The molecule has 0 aliphatic heterocycles. The molecule has 140 valence electrons. The van der Waals surface area contributed by atoms with E-state index in [1.807, 2.05) is 60.7 Å². The van der Waals surface area contributed by atoms with Gasteiger partial charge in [0.25, 0.3) is 0 Å². The van der Waals surface area contributed by atoms with Crippen molar-refractivity contribution in [2.45, 2.75) is 33.7 Å². The Hall–Kier alpha value is -3.46. The molecule has 4 aromatic rings. The normalized spacial score (nSPS) is 11.6. The van der Waals surface area contributed by atoms with Crippen molar-refractivity contribution in [1.82, 2.24) is 24.1 Å². The summed E-state index contributed by atoms with van der Waals surface area (Å²) in [6, 6.07) is 10.4. The largest absolute Gasteiger partial charge is 0.307 e. The van der Waals surface area contributed by atoms with Crippen LogP contribution in [0, 0.1) is 23.7 Å². The maximum absolute atomic E-state index is 9.20. The summed E-state index contributed by atoms with van der Waals surface area (Å²) in [5.41, 5.74) is 5.50. The third-order valence-corrected chi connectivity index (χ3v) is 4.87. The van der Waals surface area contributed by atoms with Gasteiger partial charge in [0.15, 0.2) is 0 Å².